The Morgan fingerprint density at radius 2 is 1.61 bits per heavy atom. The fourth-order valence-electron chi connectivity index (χ4n) is 3.39. The molecule has 2 amide bonds. The van der Waals surface area contributed by atoms with E-state index in [0.717, 1.165) is 17.0 Å². The highest BCUT2D eigenvalue weighted by Gasteiger charge is 2.13. The largest absolute Gasteiger partial charge is 0.323 e. The lowest BCUT2D eigenvalue weighted by atomic mass is 10.1. The summed E-state index contributed by atoms with van der Waals surface area (Å²) in [6.07, 6.45) is 1.27. The molecule has 0 fully saturated rings. The van der Waals surface area contributed by atoms with Crippen LogP contribution >= 0.6 is 23.2 Å². The number of nitrogens with zero attached hydrogens (tertiary/aromatic N) is 3. The average molecular weight is 484 g/mol. The third-order valence-electron chi connectivity index (χ3n) is 5.15. The van der Waals surface area contributed by atoms with Crippen LogP contribution in [0.3, 0.4) is 0 Å². The van der Waals surface area contributed by atoms with Gasteiger partial charge in [-0.3, -0.25) is 0 Å². The van der Waals surface area contributed by atoms with Crippen LogP contribution < -0.4 is 10.6 Å². The Hall–Kier alpha value is -3.42. The van der Waals surface area contributed by atoms with Gasteiger partial charge in [-0.15, -0.1) is 10.2 Å². The van der Waals surface area contributed by atoms with Gasteiger partial charge in [0, 0.05) is 34.8 Å². The maximum atomic E-state index is 13.7. The lowest BCUT2D eigenvalue weighted by Crippen LogP contribution is -2.20. The van der Waals surface area contributed by atoms with Crippen LogP contribution in [0.5, 0.6) is 0 Å². The monoisotopic (exact) mass is 483 g/mol. The molecule has 0 atom stereocenters. The lowest BCUT2D eigenvalue weighted by molar-refractivity contribution is 0.262. The smallest absolute Gasteiger partial charge is 0.314 e. The molecule has 0 aliphatic heterocycles. The van der Waals surface area contributed by atoms with Crippen LogP contribution in [0.15, 0.2) is 66.7 Å². The fourth-order valence-corrected chi connectivity index (χ4v) is 3.97. The van der Waals surface area contributed by atoms with Crippen LogP contribution in [0.4, 0.5) is 20.6 Å². The zero-order chi connectivity index (χ0) is 23.4. The highest BCUT2D eigenvalue weighted by molar-refractivity contribution is 6.36. The maximum absolute atomic E-state index is 13.7. The molecule has 0 radical (unpaired) electrons. The number of urea groups is 1. The van der Waals surface area contributed by atoms with Gasteiger partial charge >= 0.3 is 6.03 Å². The summed E-state index contributed by atoms with van der Waals surface area (Å²) in [5.74, 6) is 0.989. The first-order chi connectivity index (χ1) is 15.9. The molecule has 3 aromatic carbocycles. The van der Waals surface area contributed by atoms with Crippen molar-refractivity contribution in [2.24, 2.45) is 7.05 Å². The molecular formula is C24H20Cl2FN5O. The average Bonchev–Trinajstić information content (AvgIpc) is 3.16. The van der Waals surface area contributed by atoms with Gasteiger partial charge in [0.2, 0.25) is 0 Å². The van der Waals surface area contributed by atoms with Crippen molar-refractivity contribution in [1.29, 1.82) is 0 Å². The second-order valence-electron chi connectivity index (χ2n) is 7.34. The minimum Gasteiger partial charge on any atom is -0.314 e. The standard InChI is InChI=1S/C24H20Cl2FN5O/c1-32-22(14-13-17-18(25)5-4-6-19(17)26)30-31-23(32)15-9-11-16(12-10-15)28-24(33)29-21-8-3-2-7-20(21)27/h2-12H,13-14H2,1H3,(H2,28,29,33). The van der Waals surface area contributed by atoms with Crippen LogP contribution in [-0.2, 0) is 19.9 Å². The number of rotatable bonds is 6. The number of aromatic nitrogens is 3. The minimum absolute atomic E-state index is 0.108. The number of carbonyl (C=O) groups excluding carboxylic acids is 1. The van der Waals surface area contributed by atoms with Crippen LogP contribution in [0.2, 0.25) is 10.0 Å². The molecule has 0 aliphatic rings. The number of anilines is 2. The first kappa shape index (κ1) is 22.8. The minimum atomic E-state index is -0.535. The Labute approximate surface area is 200 Å². The summed E-state index contributed by atoms with van der Waals surface area (Å²) in [4.78, 5) is 12.1. The Balaban J connectivity index is 1.41. The molecule has 9 heteroatoms. The van der Waals surface area contributed by atoms with E-state index in [4.69, 9.17) is 23.2 Å². The second kappa shape index (κ2) is 10.0. The van der Waals surface area contributed by atoms with Gasteiger partial charge in [-0.05, 0) is 60.5 Å². The van der Waals surface area contributed by atoms with Crippen molar-refractivity contribution in [3.05, 3.63) is 94.0 Å². The fraction of sp³-hybridized carbons (Fsp3) is 0.125. The van der Waals surface area contributed by atoms with Gasteiger partial charge in [0.1, 0.15) is 11.6 Å². The first-order valence-corrected chi connectivity index (χ1v) is 10.9. The van der Waals surface area contributed by atoms with Gasteiger partial charge in [-0.25, -0.2) is 9.18 Å². The first-order valence-electron chi connectivity index (χ1n) is 10.2. The number of nitrogens with one attached hydrogen (secondary N) is 2. The molecule has 2 N–H and O–H groups in total. The Morgan fingerprint density at radius 1 is 0.909 bits per heavy atom. The van der Waals surface area contributed by atoms with E-state index in [2.05, 4.69) is 20.8 Å². The van der Waals surface area contributed by atoms with Crippen molar-refractivity contribution in [1.82, 2.24) is 14.8 Å². The summed E-state index contributed by atoms with van der Waals surface area (Å²) in [7, 11) is 1.90. The summed E-state index contributed by atoms with van der Waals surface area (Å²) in [5, 5.41) is 15.0. The molecule has 0 saturated heterocycles. The number of carbonyl (C=O) groups is 1. The SMILES string of the molecule is Cn1c(CCc2c(Cl)cccc2Cl)nnc1-c1ccc(NC(=O)Nc2ccccc2F)cc1. The van der Waals surface area contributed by atoms with Crippen molar-refractivity contribution in [2.45, 2.75) is 12.8 Å². The lowest BCUT2D eigenvalue weighted by Gasteiger charge is -2.09. The highest BCUT2D eigenvalue weighted by Crippen LogP contribution is 2.26. The quantitative estimate of drug-likeness (QED) is 0.335. The molecule has 0 aliphatic carbocycles. The van der Waals surface area contributed by atoms with Gasteiger partial charge in [0.05, 0.1) is 5.69 Å². The molecule has 168 valence electrons. The van der Waals surface area contributed by atoms with Crippen LogP contribution in [0, 0.1) is 5.82 Å². The second-order valence-corrected chi connectivity index (χ2v) is 8.15. The predicted molar refractivity (Wildman–Crippen MR) is 129 cm³/mol. The van der Waals surface area contributed by atoms with Crippen molar-refractivity contribution in [2.75, 3.05) is 10.6 Å². The van der Waals surface area contributed by atoms with E-state index in [1.807, 2.05) is 41.9 Å². The Bertz CT molecular complexity index is 1270. The van der Waals surface area contributed by atoms with Gasteiger partial charge in [-0.1, -0.05) is 41.4 Å². The predicted octanol–water partition coefficient (Wildman–Crippen LogP) is 6.36. The third kappa shape index (κ3) is 5.32. The number of hydrogen-bond acceptors (Lipinski definition) is 3. The third-order valence-corrected chi connectivity index (χ3v) is 5.86. The number of halogens is 3. The van der Waals surface area contributed by atoms with E-state index in [1.54, 1.807) is 24.3 Å². The summed E-state index contributed by atoms with van der Waals surface area (Å²) >= 11 is 12.5. The highest BCUT2D eigenvalue weighted by atomic mass is 35.5. The topological polar surface area (TPSA) is 71.8 Å². The van der Waals surface area contributed by atoms with E-state index in [0.29, 0.717) is 34.4 Å². The molecule has 1 heterocycles. The van der Waals surface area contributed by atoms with E-state index in [9.17, 15) is 9.18 Å². The van der Waals surface area contributed by atoms with E-state index in [1.165, 1.54) is 12.1 Å². The summed E-state index contributed by atoms with van der Waals surface area (Å²) in [5.41, 5.74) is 2.39. The van der Waals surface area contributed by atoms with Crippen LogP contribution in [0.25, 0.3) is 11.4 Å². The zero-order valence-corrected chi connectivity index (χ0v) is 19.2. The summed E-state index contributed by atoms with van der Waals surface area (Å²) in [6, 6.07) is 18.0. The van der Waals surface area contributed by atoms with Gasteiger partial charge in [-0.2, -0.15) is 0 Å². The van der Waals surface area contributed by atoms with E-state index in [-0.39, 0.29) is 5.69 Å². The van der Waals surface area contributed by atoms with E-state index < -0.39 is 11.8 Å². The zero-order valence-electron chi connectivity index (χ0n) is 17.6. The molecular weight excluding hydrogens is 464 g/mol. The maximum Gasteiger partial charge on any atom is 0.323 e. The van der Waals surface area contributed by atoms with E-state index >= 15 is 0 Å². The number of para-hydroxylation sites is 1. The number of benzene rings is 3. The molecule has 1 aromatic heterocycles. The molecule has 0 bridgehead atoms. The number of aryl methyl sites for hydroxylation is 1. The Morgan fingerprint density at radius 3 is 2.30 bits per heavy atom. The number of hydrogen-bond donors (Lipinski definition) is 2. The van der Waals surface area contributed by atoms with Crippen LogP contribution in [-0.4, -0.2) is 20.8 Å². The van der Waals surface area contributed by atoms with Gasteiger partial charge in [0.15, 0.2) is 5.82 Å². The van der Waals surface area contributed by atoms with Crippen molar-refractivity contribution in [3.63, 3.8) is 0 Å². The molecule has 4 rings (SSSR count). The molecule has 6 nitrogen and oxygen atoms in total. The number of amides is 2. The van der Waals surface area contributed by atoms with Crippen molar-refractivity contribution in [3.8, 4) is 11.4 Å². The van der Waals surface area contributed by atoms with Crippen molar-refractivity contribution < 1.29 is 9.18 Å². The normalized spacial score (nSPS) is 10.8. The molecule has 4 aromatic rings. The van der Waals surface area contributed by atoms with Gasteiger partial charge < -0.3 is 15.2 Å². The Kier molecular flexibility index (Phi) is 6.91. The molecule has 0 unspecified atom stereocenters. The van der Waals surface area contributed by atoms with Gasteiger partial charge in [0.25, 0.3) is 0 Å². The summed E-state index contributed by atoms with van der Waals surface area (Å²) < 4.78 is 15.6. The van der Waals surface area contributed by atoms with Crippen LogP contribution in [0.1, 0.15) is 11.4 Å². The molecule has 0 saturated carbocycles. The van der Waals surface area contributed by atoms with Crippen molar-refractivity contribution >= 4 is 40.6 Å². The summed E-state index contributed by atoms with van der Waals surface area (Å²) in [6.45, 7) is 0. The molecule has 33 heavy (non-hydrogen) atoms. The molecule has 0 spiro atoms.